The molecule has 0 radical (unpaired) electrons. The molecule has 5 rings (SSSR count). The number of esters is 1. The lowest BCUT2D eigenvalue weighted by molar-refractivity contribution is -0.250. The first-order chi connectivity index (χ1) is 32.0. The first-order valence-corrected chi connectivity index (χ1v) is 21.7. The fourth-order valence-corrected chi connectivity index (χ4v) is 7.02. The van der Waals surface area contributed by atoms with Crippen molar-refractivity contribution < 1.29 is 60.9 Å². The van der Waals surface area contributed by atoms with Crippen molar-refractivity contribution in [2.45, 2.75) is 90.0 Å². The molecule has 1 heterocycles. The molecule has 18 nitrogen and oxygen atoms in total. The van der Waals surface area contributed by atoms with Gasteiger partial charge in [0.1, 0.15) is 12.6 Å². The largest absolute Gasteiger partial charge is 0.471 e. The monoisotopic (exact) mass is 937 g/mol. The molecule has 0 saturated heterocycles. The zero-order valence-corrected chi connectivity index (χ0v) is 37.3. The number of carbonyl (C=O) groups is 6. The minimum absolute atomic E-state index is 0.00515. The molecular formula is C46H54F3N7O11. The summed E-state index contributed by atoms with van der Waals surface area (Å²) in [6.07, 6.45) is -2.22. The first-order valence-electron chi connectivity index (χ1n) is 21.7. The molecule has 0 aliphatic heterocycles. The Bertz CT molecular complexity index is 2410. The molecule has 1 atom stereocenters. The summed E-state index contributed by atoms with van der Waals surface area (Å²) in [6, 6.07) is 16.6. The standard InChI is InChI=1S/C46H54F3N7O11/c1-29(2)38(58)54-43-53-35-17-12-31(26-34(35)40(60)55-43)27-56(42(62)46(47,48)49)33-15-13-32(14-16-33)39(59)52-36(41(61)64-3)18-19-37(57)50-22-24-66-45(20-8-5-9-21-45)67-25-23-51-44(63)65-28-30-10-6-4-7-11-30/h4,6-7,10-17,26,29,36H,5,8-9,18-25,27-28H2,1-3H3,(H,50,57)(H,51,63)(H,52,59)(H2,53,54,55,58,60)/t36-/m0/s1. The van der Waals surface area contributed by atoms with Crippen molar-refractivity contribution in [3.8, 4) is 0 Å². The molecular weight excluding hydrogens is 884 g/mol. The van der Waals surface area contributed by atoms with E-state index in [4.69, 9.17) is 18.9 Å². The van der Waals surface area contributed by atoms with Gasteiger partial charge in [0.2, 0.25) is 17.8 Å². The van der Waals surface area contributed by atoms with Gasteiger partial charge in [-0.15, -0.1) is 0 Å². The number of hydrogen-bond acceptors (Lipinski definition) is 12. The molecule has 5 amide bonds. The van der Waals surface area contributed by atoms with Gasteiger partial charge in [-0.2, -0.15) is 13.2 Å². The van der Waals surface area contributed by atoms with Crippen molar-refractivity contribution in [3.05, 3.63) is 99.8 Å². The third-order valence-electron chi connectivity index (χ3n) is 10.6. The normalized spacial score (nSPS) is 13.8. The Morgan fingerprint density at radius 1 is 0.866 bits per heavy atom. The topological polar surface area (TPSA) is 236 Å². The lowest BCUT2D eigenvalue weighted by Crippen LogP contribution is -2.43. The van der Waals surface area contributed by atoms with E-state index in [0.717, 1.165) is 56.2 Å². The molecule has 1 aliphatic rings. The number of benzene rings is 3. The minimum Gasteiger partial charge on any atom is -0.467 e. The molecule has 0 bridgehead atoms. The van der Waals surface area contributed by atoms with Crippen molar-refractivity contribution in [1.82, 2.24) is 25.9 Å². The summed E-state index contributed by atoms with van der Waals surface area (Å²) in [5, 5.41) is 10.3. The number of rotatable bonds is 21. The van der Waals surface area contributed by atoms with Crippen molar-refractivity contribution >= 4 is 58.2 Å². The summed E-state index contributed by atoms with van der Waals surface area (Å²) in [4.78, 5) is 95.5. The highest BCUT2D eigenvalue weighted by atomic mass is 19.4. The van der Waals surface area contributed by atoms with Crippen LogP contribution in [0.25, 0.3) is 10.9 Å². The number of anilines is 2. The van der Waals surface area contributed by atoms with Crippen LogP contribution in [0.15, 0.2) is 77.6 Å². The van der Waals surface area contributed by atoms with Crippen LogP contribution < -0.4 is 31.7 Å². The molecule has 3 aromatic carbocycles. The third-order valence-corrected chi connectivity index (χ3v) is 10.6. The summed E-state index contributed by atoms with van der Waals surface area (Å²) in [5.41, 5.74) is 0.139. The van der Waals surface area contributed by atoms with Gasteiger partial charge >= 0.3 is 24.1 Å². The second kappa shape index (κ2) is 24.1. The van der Waals surface area contributed by atoms with E-state index in [1.165, 1.54) is 18.2 Å². The molecule has 1 saturated carbocycles. The summed E-state index contributed by atoms with van der Waals surface area (Å²) in [6.45, 7) is 3.38. The number of carbonyl (C=O) groups excluding carboxylic acids is 6. The number of alkyl carbamates (subject to hydrolysis) is 1. The molecule has 1 fully saturated rings. The van der Waals surface area contributed by atoms with E-state index in [1.807, 2.05) is 30.3 Å². The highest BCUT2D eigenvalue weighted by Crippen LogP contribution is 2.33. The van der Waals surface area contributed by atoms with Gasteiger partial charge in [0.05, 0.1) is 37.8 Å². The van der Waals surface area contributed by atoms with Gasteiger partial charge in [0.25, 0.3) is 11.5 Å². The number of fused-ring (bicyclic) bond motifs is 1. The van der Waals surface area contributed by atoms with E-state index >= 15 is 0 Å². The van der Waals surface area contributed by atoms with E-state index in [2.05, 4.69) is 31.2 Å². The Balaban J connectivity index is 1.12. The number of hydrogen-bond donors (Lipinski definition) is 5. The van der Waals surface area contributed by atoms with Gasteiger partial charge in [0, 0.05) is 49.5 Å². The van der Waals surface area contributed by atoms with Gasteiger partial charge in [0.15, 0.2) is 5.79 Å². The maximum absolute atomic E-state index is 13.9. The van der Waals surface area contributed by atoms with Crippen LogP contribution >= 0.6 is 0 Å². The number of aromatic nitrogens is 2. The zero-order chi connectivity index (χ0) is 48.6. The maximum Gasteiger partial charge on any atom is 0.471 e. The number of H-pyrrole nitrogens is 1. The van der Waals surface area contributed by atoms with Gasteiger partial charge in [-0.05, 0) is 66.8 Å². The minimum atomic E-state index is -5.30. The van der Waals surface area contributed by atoms with Crippen molar-refractivity contribution in [2.75, 3.05) is 43.6 Å². The molecule has 0 unspecified atom stereocenters. The van der Waals surface area contributed by atoms with Crippen LogP contribution in [-0.2, 0) is 51.3 Å². The second-order valence-corrected chi connectivity index (χ2v) is 15.9. The Kier molecular flexibility index (Phi) is 18.4. The number of aromatic amines is 1. The number of halogens is 3. The van der Waals surface area contributed by atoms with Crippen LogP contribution in [0.2, 0.25) is 0 Å². The highest BCUT2D eigenvalue weighted by molar-refractivity contribution is 6.00. The maximum atomic E-state index is 13.9. The summed E-state index contributed by atoms with van der Waals surface area (Å²) < 4.78 is 63.8. The lowest BCUT2D eigenvalue weighted by Gasteiger charge is -2.37. The molecule has 1 aliphatic carbocycles. The Morgan fingerprint density at radius 3 is 2.18 bits per heavy atom. The van der Waals surface area contributed by atoms with Crippen LogP contribution in [0.5, 0.6) is 0 Å². The Hall–Kier alpha value is -6.87. The molecule has 1 aromatic heterocycles. The fraction of sp³-hybridized carbons (Fsp3) is 0.435. The number of ether oxygens (including phenoxy) is 4. The molecule has 0 spiro atoms. The van der Waals surface area contributed by atoms with Crippen molar-refractivity contribution in [1.29, 1.82) is 0 Å². The average Bonchev–Trinajstić information content (AvgIpc) is 3.31. The van der Waals surface area contributed by atoms with E-state index in [1.54, 1.807) is 13.8 Å². The van der Waals surface area contributed by atoms with Crippen LogP contribution in [0.3, 0.4) is 0 Å². The lowest BCUT2D eigenvalue weighted by atomic mass is 9.94. The van der Waals surface area contributed by atoms with E-state index in [9.17, 15) is 46.7 Å². The van der Waals surface area contributed by atoms with Crippen LogP contribution in [-0.4, -0.2) is 97.1 Å². The highest BCUT2D eigenvalue weighted by Gasteiger charge is 2.43. The van der Waals surface area contributed by atoms with E-state index in [0.29, 0.717) is 17.7 Å². The average molecular weight is 938 g/mol. The van der Waals surface area contributed by atoms with Crippen LogP contribution in [0.4, 0.5) is 29.6 Å². The van der Waals surface area contributed by atoms with Crippen molar-refractivity contribution in [2.24, 2.45) is 5.92 Å². The summed E-state index contributed by atoms with van der Waals surface area (Å²) in [7, 11) is 1.10. The van der Waals surface area contributed by atoms with Gasteiger partial charge in [-0.1, -0.05) is 56.7 Å². The smallest absolute Gasteiger partial charge is 0.467 e. The fourth-order valence-electron chi connectivity index (χ4n) is 7.02. The van der Waals surface area contributed by atoms with Gasteiger partial charge < -0.3 is 39.8 Å². The zero-order valence-electron chi connectivity index (χ0n) is 37.3. The predicted octanol–water partition coefficient (Wildman–Crippen LogP) is 5.40. The Morgan fingerprint density at radius 2 is 1.54 bits per heavy atom. The van der Waals surface area contributed by atoms with Crippen LogP contribution in [0, 0.1) is 5.92 Å². The Labute approximate surface area is 383 Å². The molecule has 67 heavy (non-hydrogen) atoms. The first kappa shape index (κ1) is 51.1. The number of methoxy groups -OCH3 is 1. The summed E-state index contributed by atoms with van der Waals surface area (Å²) in [5.74, 6) is -6.13. The van der Waals surface area contributed by atoms with Crippen molar-refractivity contribution in [3.63, 3.8) is 0 Å². The van der Waals surface area contributed by atoms with E-state index < -0.39 is 71.7 Å². The molecule has 4 aromatic rings. The van der Waals surface area contributed by atoms with Gasteiger partial charge in [-0.25, -0.2) is 14.6 Å². The number of nitrogens with zero attached hydrogens (tertiary/aromatic N) is 2. The molecule has 360 valence electrons. The second-order valence-electron chi connectivity index (χ2n) is 15.9. The quantitative estimate of drug-likeness (QED) is 0.0401. The molecule has 5 N–H and O–H groups in total. The SMILES string of the molecule is COC(=O)[C@H](CCC(=O)NCCOC1(OCCNC(=O)OCc2ccccc2)CCCCC1)NC(=O)c1ccc(N(Cc2ccc3nc(NC(=O)C(C)C)[nH]c(=O)c3c2)C(=O)C(F)(F)F)cc1. The number of nitrogens with one attached hydrogen (secondary N) is 5. The van der Waals surface area contributed by atoms with Crippen LogP contribution in [0.1, 0.15) is 80.3 Å². The third kappa shape index (κ3) is 15.3. The van der Waals surface area contributed by atoms with E-state index in [-0.39, 0.29) is 79.4 Å². The molecule has 21 heteroatoms. The van der Waals surface area contributed by atoms with Gasteiger partial charge in [-0.3, -0.25) is 34.3 Å². The predicted molar refractivity (Wildman–Crippen MR) is 237 cm³/mol. The number of alkyl halides is 3. The number of amides is 5. The summed E-state index contributed by atoms with van der Waals surface area (Å²) >= 11 is 0.